The maximum atomic E-state index is 11.9. The average molecular weight is 386 g/mol. The minimum Gasteiger partial charge on any atom is -0.387 e. The van der Waals surface area contributed by atoms with E-state index < -0.39 is 17.9 Å². The van der Waals surface area contributed by atoms with Crippen LogP contribution in [-0.2, 0) is 23.2 Å². The molecule has 0 fully saturated rings. The Labute approximate surface area is 161 Å². The number of amides is 2. The van der Waals surface area contributed by atoms with Crippen molar-refractivity contribution < 1.29 is 14.7 Å². The molecule has 27 heavy (non-hydrogen) atoms. The van der Waals surface area contributed by atoms with Gasteiger partial charge >= 0.3 is 11.8 Å². The van der Waals surface area contributed by atoms with Crippen molar-refractivity contribution >= 4 is 34.3 Å². The van der Waals surface area contributed by atoms with Gasteiger partial charge in [0.2, 0.25) is 0 Å². The Morgan fingerprint density at radius 3 is 2.52 bits per heavy atom. The molecule has 1 aromatic heterocycles. The van der Waals surface area contributed by atoms with Crippen LogP contribution in [0, 0.1) is 0 Å². The molecule has 3 N–H and O–H groups in total. The van der Waals surface area contributed by atoms with Crippen LogP contribution in [0.2, 0.25) is 5.02 Å². The quantitative estimate of drug-likeness (QED) is 0.589. The molecule has 7 heteroatoms. The number of nitrogens with zero attached hydrogens (tertiary/aromatic N) is 1. The summed E-state index contributed by atoms with van der Waals surface area (Å²) in [7, 11) is 1.95. The highest BCUT2D eigenvalue weighted by Crippen LogP contribution is 2.20. The minimum absolute atomic E-state index is 0.0501. The summed E-state index contributed by atoms with van der Waals surface area (Å²) < 4.78 is 1.98. The SMILES string of the molecule is Cn1ccc2cc(C(O)CNC(=O)C(=O)NCc3ccc(Cl)cc3)ccc21. The molecule has 140 valence electrons. The monoisotopic (exact) mass is 385 g/mol. The molecule has 0 bridgehead atoms. The van der Waals surface area contributed by atoms with Gasteiger partial charge in [-0.15, -0.1) is 0 Å². The average Bonchev–Trinajstić information content (AvgIpc) is 3.05. The molecule has 2 amide bonds. The van der Waals surface area contributed by atoms with Crippen molar-refractivity contribution in [1.29, 1.82) is 0 Å². The van der Waals surface area contributed by atoms with Gasteiger partial charge in [-0.25, -0.2) is 0 Å². The van der Waals surface area contributed by atoms with Crippen LogP contribution in [-0.4, -0.2) is 28.0 Å². The van der Waals surface area contributed by atoms with E-state index >= 15 is 0 Å². The lowest BCUT2D eigenvalue weighted by atomic mass is 10.1. The fraction of sp³-hybridized carbons (Fsp3) is 0.200. The van der Waals surface area contributed by atoms with Crippen molar-refractivity contribution in [3.8, 4) is 0 Å². The third-order valence-corrected chi connectivity index (χ3v) is 4.57. The number of carbonyl (C=O) groups is 2. The Hall–Kier alpha value is -2.83. The summed E-state index contributed by atoms with van der Waals surface area (Å²) in [6, 6.07) is 14.5. The molecule has 1 unspecified atom stereocenters. The van der Waals surface area contributed by atoms with E-state index in [0.717, 1.165) is 16.5 Å². The number of nitrogens with one attached hydrogen (secondary N) is 2. The van der Waals surface area contributed by atoms with E-state index in [2.05, 4.69) is 10.6 Å². The summed E-state index contributed by atoms with van der Waals surface area (Å²) in [6.07, 6.45) is 1.04. The number of hydrogen-bond acceptors (Lipinski definition) is 3. The fourth-order valence-corrected chi connectivity index (χ4v) is 2.89. The van der Waals surface area contributed by atoms with E-state index in [1.165, 1.54) is 0 Å². The van der Waals surface area contributed by atoms with Gasteiger partial charge in [0.05, 0.1) is 6.10 Å². The predicted octanol–water partition coefficient (Wildman–Crippen LogP) is 2.30. The maximum Gasteiger partial charge on any atom is 0.309 e. The molecule has 6 nitrogen and oxygen atoms in total. The predicted molar refractivity (Wildman–Crippen MR) is 104 cm³/mol. The topological polar surface area (TPSA) is 83.4 Å². The van der Waals surface area contributed by atoms with E-state index in [-0.39, 0.29) is 13.1 Å². The second-order valence-electron chi connectivity index (χ2n) is 6.28. The van der Waals surface area contributed by atoms with Crippen LogP contribution in [0.25, 0.3) is 10.9 Å². The number of carbonyl (C=O) groups excluding carboxylic acids is 2. The molecule has 2 aromatic carbocycles. The Morgan fingerprint density at radius 2 is 1.78 bits per heavy atom. The third kappa shape index (κ3) is 4.67. The van der Waals surface area contributed by atoms with Gasteiger partial charge < -0.3 is 20.3 Å². The Kier molecular flexibility index (Phi) is 5.78. The third-order valence-electron chi connectivity index (χ3n) is 4.32. The molecular formula is C20H20ClN3O3. The zero-order valence-corrected chi connectivity index (χ0v) is 15.5. The Morgan fingerprint density at radius 1 is 1.07 bits per heavy atom. The van der Waals surface area contributed by atoms with Crippen LogP contribution < -0.4 is 10.6 Å². The lowest BCUT2D eigenvalue weighted by Crippen LogP contribution is -2.41. The number of rotatable bonds is 5. The summed E-state index contributed by atoms with van der Waals surface area (Å²) >= 11 is 5.80. The number of halogens is 1. The molecule has 3 aromatic rings. The molecular weight excluding hydrogens is 366 g/mol. The number of aliphatic hydroxyl groups excluding tert-OH is 1. The van der Waals surface area contributed by atoms with Crippen molar-refractivity contribution in [3.05, 3.63) is 70.9 Å². The standard InChI is InChI=1S/C20H20ClN3O3/c1-24-9-8-14-10-15(4-7-17(14)24)18(25)12-23-20(27)19(26)22-11-13-2-5-16(21)6-3-13/h2-10,18,25H,11-12H2,1H3,(H,22,26)(H,23,27). The highest BCUT2D eigenvalue weighted by molar-refractivity contribution is 6.35. The zero-order valence-electron chi connectivity index (χ0n) is 14.8. The van der Waals surface area contributed by atoms with E-state index in [4.69, 9.17) is 11.6 Å². The molecule has 0 saturated carbocycles. The minimum atomic E-state index is -0.900. The first-order valence-electron chi connectivity index (χ1n) is 8.47. The molecule has 0 aliphatic carbocycles. The second-order valence-corrected chi connectivity index (χ2v) is 6.72. The number of aromatic nitrogens is 1. The fourth-order valence-electron chi connectivity index (χ4n) is 2.76. The van der Waals surface area contributed by atoms with Crippen LogP contribution in [0.3, 0.4) is 0 Å². The molecule has 0 saturated heterocycles. The maximum absolute atomic E-state index is 11.9. The van der Waals surface area contributed by atoms with Gasteiger partial charge in [-0.3, -0.25) is 9.59 Å². The molecule has 1 atom stereocenters. The highest BCUT2D eigenvalue weighted by Gasteiger charge is 2.16. The molecule has 0 aliphatic heterocycles. The van der Waals surface area contributed by atoms with Crippen molar-refractivity contribution in [2.75, 3.05) is 6.54 Å². The van der Waals surface area contributed by atoms with Crippen LogP contribution in [0.1, 0.15) is 17.2 Å². The number of hydrogen-bond donors (Lipinski definition) is 3. The number of benzene rings is 2. The highest BCUT2D eigenvalue weighted by atomic mass is 35.5. The largest absolute Gasteiger partial charge is 0.387 e. The van der Waals surface area contributed by atoms with E-state index in [1.807, 2.05) is 36.0 Å². The zero-order chi connectivity index (χ0) is 19.4. The van der Waals surface area contributed by atoms with Gasteiger partial charge in [0, 0.05) is 36.9 Å². The van der Waals surface area contributed by atoms with Crippen LogP contribution in [0.15, 0.2) is 54.7 Å². The Bertz CT molecular complexity index is 966. The summed E-state index contributed by atoms with van der Waals surface area (Å²) in [5.74, 6) is -1.54. The van der Waals surface area contributed by atoms with Crippen LogP contribution >= 0.6 is 11.6 Å². The van der Waals surface area contributed by atoms with Crippen molar-refractivity contribution in [2.24, 2.45) is 7.05 Å². The van der Waals surface area contributed by atoms with Crippen molar-refractivity contribution in [3.63, 3.8) is 0 Å². The first-order chi connectivity index (χ1) is 12.9. The molecule has 3 rings (SSSR count). The van der Waals surface area contributed by atoms with E-state index in [9.17, 15) is 14.7 Å². The molecule has 1 heterocycles. The van der Waals surface area contributed by atoms with Gasteiger partial charge in [0.1, 0.15) is 0 Å². The normalized spacial score (nSPS) is 12.0. The summed E-state index contributed by atoms with van der Waals surface area (Å²) in [4.78, 5) is 23.8. The Balaban J connectivity index is 1.50. The summed E-state index contributed by atoms with van der Waals surface area (Å²) in [5, 5.41) is 16.9. The van der Waals surface area contributed by atoms with Crippen molar-refractivity contribution in [1.82, 2.24) is 15.2 Å². The number of fused-ring (bicyclic) bond motifs is 1. The first kappa shape index (κ1) is 18.9. The van der Waals surface area contributed by atoms with Gasteiger partial charge in [-0.2, -0.15) is 0 Å². The molecule has 0 aliphatic rings. The van der Waals surface area contributed by atoms with E-state index in [1.54, 1.807) is 30.3 Å². The lowest BCUT2D eigenvalue weighted by molar-refractivity contribution is -0.139. The van der Waals surface area contributed by atoms with Gasteiger partial charge in [0.15, 0.2) is 0 Å². The summed E-state index contributed by atoms with van der Waals surface area (Å²) in [5.41, 5.74) is 2.56. The summed E-state index contributed by atoms with van der Waals surface area (Å²) in [6.45, 7) is 0.169. The molecule has 0 radical (unpaired) electrons. The van der Waals surface area contributed by atoms with Gasteiger partial charge in [-0.05, 0) is 46.8 Å². The first-order valence-corrected chi connectivity index (χ1v) is 8.85. The smallest absolute Gasteiger partial charge is 0.309 e. The van der Waals surface area contributed by atoms with Crippen LogP contribution in [0.5, 0.6) is 0 Å². The van der Waals surface area contributed by atoms with Gasteiger partial charge in [0.25, 0.3) is 0 Å². The number of aryl methyl sites for hydroxylation is 1. The van der Waals surface area contributed by atoms with Crippen LogP contribution in [0.4, 0.5) is 0 Å². The molecule has 0 spiro atoms. The van der Waals surface area contributed by atoms with Crippen molar-refractivity contribution in [2.45, 2.75) is 12.6 Å². The second kappa shape index (κ2) is 8.24. The number of aliphatic hydroxyl groups is 1. The van der Waals surface area contributed by atoms with E-state index in [0.29, 0.717) is 10.6 Å². The van der Waals surface area contributed by atoms with Gasteiger partial charge in [-0.1, -0.05) is 29.8 Å². The lowest BCUT2D eigenvalue weighted by Gasteiger charge is -2.13.